The van der Waals surface area contributed by atoms with Gasteiger partial charge in [-0.1, -0.05) is 0 Å². The molecule has 0 spiro atoms. The molecule has 0 heterocycles. The predicted molar refractivity (Wildman–Crippen MR) is 139 cm³/mol. The van der Waals surface area contributed by atoms with Gasteiger partial charge in [0.05, 0.1) is 0 Å². The molecule has 8 fully saturated rings. The molecule has 7 nitrogen and oxygen atoms in total. The van der Waals surface area contributed by atoms with Crippen molar-refractivity contribution in [2.45, 2.75) is 77.0 Å². The standard InChI is InChI=1S/C28H34INO6/c31-25(27-11-17-5-18(12-27)7-19(6-17)13-27)35-29(23-1-3-24(4-2-23)30(33)34)36-26(32)28-14-20-8-21(15-28)10-22(9-20)16-28/h1-4,17-22H,5-16H2. The second-order valence-corrected chi connectivity index (χ2v) is 16.4. The third-order valence-corrected chi connectivity index (χ3v) is 13.8. The number of nitrogens with zero attached hydrogens (tertiary/aromatic N) is 1. The second kappa shape index (κ2) is 8.40. The first-order chi connectivity index (χ1) is 17.3. The Bertz CT molecular complexity index is 971. The van der Waals surface area contributed by atoms with E-state index in [4.69, 9.17) is 6.13 Å². The van der Waals surface area contributed by atoms with Crippen LogP contribution < -0.4 is 0 Å². The fraction of sp³-hybridized carbons (Fsp3) is 0.714. The molecule has 1 aromatic rings. The summed E-state index contributed by atoms with van der Waals surface area (Å²) >= 11 is -3.17. The monoisotopic (exact) mass is 607 g/mol. The molecular weight excluding hydrogens is 573 g/mol. The Hall–Kier alpha value is -1.71. The molecule has 0 atom stereocenters. The molecule has 1 aromatic carbocycles. The van der Waals surface area contributed by atoms with Gasteiger partial charge in [0.2, 0.25) is 0 Å². The first kappa shape index (κ1) is 23.4. The maximum absolute atomic E-state index is 13.8. The van der Waals surface area contributed by atoms with Crippen molar-refractivity contribution in [2.75, 3.05) is 0 Å². The molecule has 36 heavy (non-hydrogen) atoms. The number of carbonyl (C=O) groups excluding carboxylic acids is 2. The molecule has 8 aliphatic rings. The van der Waals surface area contributed by atoms with Crippen LogP contribution in [0.5, 0.6) is 0 Å². The molecule has 0 aromatic heterocycles. The normalized spacial score (nSPS) is 41.7. The van der Waals surface area contributed by atoms with Crippen LogP contribution in [0.3, 0.4) is 0 Å². The molecule has 0 aliphatic heterocycles. The summed E-state index contributed by atoms with van der Waals surface area (Å²) in [5, 5.41) is 11.2. The van der Waals surface area contributed by atoms with E-state index < -0.39 is 36.4 Å². The minimum absolute atomic E-state index is 0.0191. The number of rotatable bonds is 6. The SMILES string of the molecule is O=C(OI(OC(=O)C12CC3CC(CC(C3)C1)C2)c1ccc([N+](=O)[O-])cc1)C12CC3CC(CC(C3)C1)C2. The fourth-order valence-corrected chi connectivity index (χ4v) is 13.0. The van der Waals surface area contributed by atoms with Crippen molar-refractivity contribution in [3.05, 3.63) is 37.9 Å². The van der Waals surface area contributed by atoms with Crippen LogP contribution in [0, 0.1) is 60.0 Å². The van der Waals surface area contributed by atoms with Crippen LogP contribution in [0.2, 0.25) is 0 Å². The molecule has 0 N–H and O–H groups in total. The number of halogens is 1. The van der Waals surface area contributed by atoms with Crippen LogP contribution >= 0.6 is 20.6 Å². The summed E-state index contributed by atoms with van der Waals surface area (Å²) in [7, 11) is 0. The Morgan fingerprint density at radius 2 is 1.03 bits per heavy atom. The molecule has 9 rings (SSSR count). The van der Waals surface area contributed by atoms with E-state index in [1.54, 1.807) is 12.1 Å². The molecule has 194 valence electrons. The Labute approximate surface area is 219 Å². The van der Waals surface area contributed by atoms with E-state index in [-0.39, 0.29) is 17.6 Å². The molecular formula is C28H34INO6. The van der Waals surface area contributed by atoms with E-state index >= 15 is 0 Å². The summed E-state index contributed by atoms with van der Waals surface area (Å²) in [6.45, 7) is 0. The number of hydrogen-bond donors (Lipinski definition) is 0. The summed E-state index contributed by atoms with van der Waals surface area (Å²) in [5.74, 6) is 3.31. The van der Waals surface area contributed by atoms with Crippen LogP contribution in [0.4, 0.5) is 5.69 Å². The van der Waals surface area contributed by atoms with Crippen LogP contribution in [0.1, 0.15) is 77.0 Å². The average Bonchev–Trinajstić information content (AvgIpc) is 2.82. The van der Waals surface area contributed by atoms with Gasteiger partial charge in [-0.25, -0.2) is 0 Å². The maximum atomic E-state index is 13.8. The molecule has 0 amide bonds. The molecule has 8 bridgehead atoms. The summed E-state index contributed by atoms with van der Waals surface area (Å²) in [5.41, 5.74) is -0.883. The van der Waals surface area contributed by atoms with Crippen molar-refractivity contribution < 1.29 is 20.6 Å². The summed E-state index contributed by atoms with van der Waals surface area (Å²) in [6.07, 6.45) is 12.8. The Morgan fingerprint density at radius 3 is 1.33 bits per heavy atom. The van der Waals surface area contributed by atoms with Gasteiger partial charge in [-0.05, 0) is 0 Å². The van der Waals surface area contributed by atoms with Crippen molar-refractivity contribution in [1.82, 2.24) is 0 Å². The van der Waals surface area contributed by atoms with Gasteiger partial charge in [0, 0.05) is 0 Å². The van der Waals surface area contributed by atoms with Crippen LogP contribution in [-0.2, 0) is 15.7 Å². The van der Waals surface area contributed by atoms with Gasteiger partial charge in [-0.15, -0.1) is 0 Å². The van der Waals surface area contributed by atoms with Gasteiger partial charge in [-0.3, -0.25) is 0 Å². The van der Waals surface area contributed by atoms with Gasteiger partial charge in [0.15, 0.2) is 0 Å². The topological polar surface area (TPSA) is 95.7 Å². The van der Waals surface area contributed by atoms with Crippen molar-refractivity contribution >= 4 is 38.3 Å². The summed E-state index contributed by atoms with van der Waals surface area (Å²) in [4.78, 5) is 38.4. The van der Waals surface area contributed by atoms with E-state index in [1.165, 1.54) is 50.7 Å². The molecule has 8 saturated carbocycles. The zero-order valence-corrected chi connectivity index (χ0v) is 22.7. The van der Waals surface area contributed by atoms with E-state index in [1.807, 2.05) is 0 Å². The molecule has 8 aliphatic carbocycles. The Morgan fingerprint density at radius 1 is 0.694 bits per heavy atom. The summed E-state index contributed by atoms with van der Waals surface area (Å²) < 4.78 is 13.2. The van der Waals surface area contributed by atoms with Gasteiger partial charge < -0.3 is 0 Å². The van der Waals surface area contributed by atoms with Crippen LogP contribution in [0.25, 0.3) is 0 Å². The number of non-ortho nitro benzene ring substituents is 1. The quantitative estimate of drug-likeness (QED) is 0.205. The molecule has 0 radical (unpaired) electrons. The van der Waals surface area contributed by atoms with Crippen molar-refractivity contribution in [3.8, 4) is 0 Å². The van der Waals surface area contributed by atoms with E-state index in [0.29, 0.717) is 39.1 Å². The Balaban J connectivity index is 1.15. The van der Waals surface area contributed by atoms with E-state index in [0.717, 1.165) is 38.5 Å². The predicted octanol–water partition coefficient (Wildman–Crippen LogP) is 6.62. The van der Waals surface area contributed by atoms with Gasteiger partial charge in [0.25, 0.3) is 0 Å². The number of hydrogen-bond acceptors (Lipinski definition) is 6. The van der Waals surface area contributed by atoms with Crippen LogP contribution in [-0.4, -0.2) is 16.9 Å². The zero-order valence-electron chi connectivity index (χ0n) is 20.5. The molecule has 0 unspecified atom stereocenters. The van der Waals surface area contributed by atoms with Crippen molar-refractivity contribution in [2.24, 2.45) is 46.3 Å². The third-order valence-electron chi connectivity index (χ3n) is 10.4. The number of nitro benzene ring substituents is 1. The molecule has 8 heteroatoms. The number of benzene rings is 1. The van der Waals surface area contributed by atoms with Crippen molar-refractivity contribution in [1.29, 1.82) is 0 Å². The van der Waals surface area contributed by atoms with E-state index in [2.05, 4.69) is 0 Å². The first-order valence-electron chi connectivity index (χ1n) is 13.7. The molecule has 0 saturated heterocycles. The second-order valence-electron chi connectivity index (χ2n) is 13.1. The van der Waals surface area contributed by atoms with Gasteiger partial charge in [-0.2, -0.15) is 0 Å². The number of nitro groups is 1. The van der Waals surface area contributed by atoms with Gasteiger partial charge >= 0.3 is 220 Å². The van der Waals surface area contributed by atoms with Crippen LogP contribution in [0.15, 0.2) is 24.3 Å². The van der Waals surface area contributed by atoms with E-state index in [9.17, 15) is 19.7 Å². The fourth-order valence-electron chi connectivity index (χ4n) is 9.78. The Kier molecular flexibility index (Phi) is 5.46. The zero-order chi connectivity index (χ0) is 24.7. The minimum atomic E-state index is -3.17. The van der Waals surface area contributed by atoms with Gasteiger partial charge in [0.1, 0.15) is 0 Å². The summed E-state index contributed by atoms with van der Waals surface area (Å²) in [6, 6.07) is 6.11. The third kappa shape index (κ3) is 3.88. The average molecular weight is 607 g/mol. The van der Waals surface area contributed by atoms with Crippen molar-refractivity contribution in [3.63, 3.8) is 0 Å². The first-order valence-corrected chi connectivity index (χ1v) is 16.5. The number of carbonyl (C=O) groups is 2.